The summed E-state index contributed by atoms with van der Waals surface area (Å²) in [6, 6.07) is 5.41. The Balaban J connectivity index is 2.41. The maximum Gasteiger partial charge on any atom is 0.261 e. The van der Waals surface area contributed by atoms with Crippen LogP contribution in [0.4, 0.5) is 0 Å². The van der Waals surface area contributed by atoms with Crippen molar-refractivity contribution in [2.24, 2.45) is 5.41 Å². The van der Waals surface area contributed by atoms with E-state index in [4.69, 9.17) is 9.26 Å². The minimum absolute atomic E-state index is 0.148. The van der Waals surface area contributed by atoms with E-state index in [2.05, 4.69) is 10.1 Å². The number of phenolic OH excluding ortho intramolecular Hbond substituents is 1. The maximum absolute atomic E-state index is 10.1. The number of hydrogen-bond donors (Lipinski definition) is 1. The zero-order chi connectivity index (χ0) is 14.9. The lowest BCUT2D eigenvalue weighted by Gasteiger charge is -2.26. The predicted octanol–water partition coefficient (Wildman–Crippen LogP) is 3.48. The van der Waals surface area contributed by atoms with Gasteiger partial charge in [0.25, 0.3) is 5.89 Å². The lowest BCUT2D eigenvalue weighted by molar-refractivity contribution is 0.00718. The molecule has 0 saturated carbocycles. The molecule has 0 aliphatic heterocycles. The smallest absolute Gasteiger partial charge is 0.261 e. The van der Waals surface area contributed by atoms with Crippen LogP contribution in [0.25, 0.3) is 11.5 Å². The van der Waals surface area contributed by atoms with E-state index in [-0.39, 0.29) is 17.3 Å². The highest BCUT2D eigenvalue weighted by Crippen LogP contribution is 2.36. The molecular weight excluding hydrogens is 256 g/mol. The van der Waals surface area contributed by atoms with E-state index >= 15 is 0 Å². The van der Waals surface area contributed by atoms with Gasteiger partial charge in [-0.25, -0.2) is 0 Å². The first-order valence-electron chi connectivity index (χ1n) is 6.50. The van der Waals surface area contributed by atoms with Gasteiger partial charge >= 0.3 is 0 Å². The summed E-state index contributed by atoms with van der Waals surface area (Å²) in [5, 5.41) is 14.0. The summed E-state index contributed by atoms with van der Waals surface area (Å²) >= 11 is 0. The summed E-state index contributed by atoms with van der Waals surface area (Å²) in [5.41, 5.74) is 1.15. The van der Waals surface area contributed by atoms with Crippen molar-refractivity contribution in [3.63, 3.8) is 0 Å². The maximum atomic E-state index is 10.1. The molecule has 108 valence electrons. The van der Waals surface area contributed by atoms with Gasteiger partial charge in [-0.2, -0.15) is 4.98 Å². The van der Waals surface area contributed by atoms with Gasteiger partial charge in [0.2, 0.25) is 5.82 Å². The van der Waals surface area contributed by atoms with Crippen molar-refractivity contribution >= 4 is 0 Å². The zero-order valence-electron chi connectivity index (χ0n) is 12.5. The minimum Gasteiger partial charge on any atom is -0.507 e. The Bertz CT molecular complexity index is 599. The van der Waals surface area contributed by atoms with E-state index < -0.39 is 0 Å². The number of ether oxygens (including phenoxy) is 1. The van der Waals surface area contributed by atoms with Gasteiger partial charge in [0.1, 0.15) is 11.9 Å². The van der Waals surface area contributed by atoms with Gasteiger partial charge in [-0.15, -0.1) is 0 Å². The molecule has 0 bridgehead atoms. The van der Waals surface area contributed by atoms with Gasteiger partial charge in [0, 0.05) is 7.11 Å². The second kappa shape index (κ2) is 5.25. The standard InChI is InChI=1S/C15H20N2O3/c1-9-7-6-8-10(11(9)18)14-16-13(17-20-14)12(19-5)15(2,3)4/h6-8,12,18H,1-5H3. The van der Waals surface area contributed by atoms with Crippen molar-refractivity contribution < 1.29 is 14.4 Å². The molecule has 2 rings (SSSR count). The predicted molar refractivity (Wildman–Crippen MR) is 75.3 cm³/mol. The molecule has 0 fully saturated rings. The molecule has 0 spiro atoms. The van der Waals surface area contributed by atoms with Crippen LogP contribution in [0.2, 0.25) is 0 Å². The Hall–Kier alpha value is -1.88. The fourth-order valence-electron chi connectivity index (χ4n) is 2.13. The Morgan fingerprint density at radius 2 is 2.00 bits per heavy atom. The molecule has 5 nitrogen and oxygen atoms in total. The van der Waals surface area contributed by atoms with Crippen molar-refractivity contribution in [1.82, 2.24) is 10.1 Å². The normalized spacial score (nSPS) is 13.4. The number of phenols is 1. The van der Waals surface area contributed by atoms with Crippen molar-refractivity contribution in [3.8, 4) is 17.2 Å². The van der Waals surface area contributed by atoms with Crippen LogP contribution in [-0.2, 0) is 4.74 Å². The van der Waals surface area contributed by atoms with Gasteiger partial charge in [0.05, 0.1) is 5.56 Å². The van der Waals surface area contributed by atoms with Gasteiger partial charge in [-0.1, -0.05) is 38.1 Å². The van der Waals surface area contributed by atoms with E-state index in [0.717, 1.165) is 5.56 Å². The van der Waals surface area contributed by atoms with Gasteiger partial charge < -0.3 is 14.4 Å². The Morgan fingerprint density at radius 3 is 2.60 bits per heavy atom. The average molecular weight is 276 g/mol. The van der Waals surface area contributed by atoms with Crippen molar-refractivity contribution in [1.29, 1.82) is 0 Å². The molecule has 1 aromatic heterocycles. The van der Waals surface area contributed by atoms with Crippen molar-refractivity contribution in [2.45, 2.75) is 33.8 Å². The van der Waals surface area contributed by atoms with E-state index in [9.17, 15) is 5.11 Å². The number of nitrogens with zero attached hydrogens (tertiary/aromatic N) is 2. The quantitative estimate of drug-likeness (QED) is 0.929. The monoisotopic (exact) mass is 276 g/mol. The third kappa shape index (κ3) is 2.67. The highest BCUT2D eigenvalue weighted by Gasteiger charge is 2.31. The van der Waals surface area contributed by atoms with E-state index in [0.29, 0.717) is 17.3 Å². The summed E-state index contributed by atoms with van der Waals surface area (Å²) in [6.07, 6.45) is -0.271. The van der Waals surface area contributed by atoms with Gasteiger partial charge in [0.15, 0.2) is 0 Å². The van der Waals surface area contributed by atoms with E-state index in [1.807, 2.05) is 39.8 Å². The Morgan fingerprint density at radius 1 is 1.30 bits per heavy atom. The van der Waals surface area contributed by atoms with Crippen molar-refractivity contribution in [3.05, 3.63) is 29.6 Å². The topological polar surface area (TPSA) is 68.4 Å². The summed E-state index contributed by atoms with van der Waals surface area (Å²) in [4.78, 5) is 4.36. The SMILES string of the molecule is COC(c1noc(-c2cccc(C)c2O)n1)C(C)(C)C. The summed E-state index contributed by atoms with van der Waals surface area (Å²) in [6.45, 7) is 7.95. The highest BCUT2D eigenvalue weighted by molar-refractivity contribution is 5.64. The molecule has 5 heteroatoms. The van der Waals surface area contributed by atoms with Crippen LogP contribution in [-0.4, -0.2) is 22.4 Å². The lowest BCUT2D eigenvalue weighted by atomic mass is 9.88. The molecule has 0 aliphatic carbocycles. The number of aryl methyl sites for hydroxylation is 1. The molecule has 0 radical (unpaired) electrons. The van der Waals surface area contributed by atoms with Crippen LogP contribution in [0.1, 0.15) is 38.3 Å². The largest absolute Gasteiger partial charge is 0.507 e. The molecule has 2 aromatic rings. The fourth-order valence-corrected chi connectivity index (χ4v) is 2.13. The number of aromatic nitrogens is 2. The first kappa shape index (κ1) is 14.5. The first-order valence-corrected chi connectivity index (χ1v) is 6.50. The number of methoxy groups -OCH3 is 1. The molecule has 1 N–H and O–H groups in total. The molecule has 1 heterocycles. The van der Waals surface area contributed by atoms with Crippen LogP contribution in [0.15, 0.2) is 22.7 Å². The van der Waals surface area contributed by atoms with E-state index in [1.165, 1.54) is 0 Å². The molecular formula is C15H20N2O3. The first-order chi connectivity index (χ1) is 9.34. The Labute approximate surface area is 118 Å². The third-order valence-corrected chi connectivity index (χ3v) is 3.17. The third-order valence-electron chi connectivity index (χ3n) is 3.17. The minimum atomic E-state index is -0.271. The molecule has 1 unspecified atom stereocenters. The second-order valence-electron chi connectivity index (χ2n) is 5.91. The molecule has 20 heavy (non-hydrogen) atoms. The lowest BCUT2D eigenvalue weighted by Crippen LogP contribution is -2.21. The summed E-state index contributed by atoms with van der Waals surface area (Å²) in [7, 11) is 1.62. The average Bonchev–Trinajstić information content (AvgIpc) is 2.81. The van der Waals surface area contributed by atoms with Gasteiger partial charge in [-0.05, 0) is 24.0 Å². The molecule has 1 atom stereocenters. The second-order valence-corrected chi connectivity index (χ2v) is 5.91. The molecule has 0 saturated heterocycles. The highest BCUT2D eigenvalue weighted by atomic mass is 16.5. The number of rotatable bonds is 3. The van der Waals surface area contributed by atoms with Crippen LogP contribution in [0.3, 0.4) is 0 Å². The molecule has 0 amide bonds. The van der Waals surface area contributed by atoms with Crippen LogP contribution in [0, 0.1) is 12.3 Å². The number of aromatic hydroxyl groups is 1. The number of hydrogen-bond acceptors (Lipinski definition) is 5. The fraction of sp³-hybridized carbons (Fsp3) is 0.467. The van der Waals surface area contributed by atoms with E-state index in [1.54, 1.807) is 13.2 Å². The Kier molecular flexibility index (Phi) is 3.81. The number of benzene rings is 1. The van der Waals surface area contributed by atoms with Crippen LogP contribution < -0.4 is 0 Å². The summed E-state index contributed by atoms with van der Waals surface area (Å²) in [5.74, 6) is 0.941. The van der Waals surface area contributed by atoms with Crippen LogP contribution in [0.5, 0.6) is 5.75 Å². The molecule has 1 aromatic carbocycles. The van der Waals surface area contributed by atoms with Crippen LogP contribution >= 0.6 is 0 Å². The number of para-hydroxylation sites is 1. The molecule has 0 aliphatic rings. The zero-order valence-corrected chi connectivity index (χ0v) is 12.5. The van der Waals surface area contributed by atoms with Crippen molar-refractivity contribution in [2.75, 3.05) is 7.11 Å². The summed E-state index contributed by atoms with van der Waals surface area (Å²) < 4.78 is 10.7. The van der Waals surface area contributed by atoms with Gasteiger partial charge in [-0.3, -0.25) is 0 Å².